The predicted octanol–water partition coefficient (Wildman–Crippen LogP) is 4.53. The number of carbonyl (C=O) groups excluding carboxylic acids is 4. The van der Waals surface area contributed by atoms with Crippen LogP contribution in [0.2, 0.25) is 0 Å². The van der Waals surface area contributed by atoms with Crippen LogP contribution in [0.15, 0.2) is 0 Å². The Bertz CT molecular complexity index is 1440. The third-order valence-electron chi connectivity index (χ3n) is 11.9. The van der Waals surface area contributed by atoms with Crippen molar-refractivity contribution < 1.29 is 95.8 Å². The van der Waals surface area contributed by atoms with E-state index in [9.17, 15) is 33.9 Å². The molecule has 470 valence electrons. The monoisotopic (exact) mass is 1150 g/mol. The van der Waals surface area contributed by atoms with Crippen molar-refractivity contribution in [1.82, 2.24) is 16.0 Å². The van der Waals surface area contributed by atoms with Gasteiger partial charge in [0.25, 0.3) is 0 Å². The maximum absolute atomic E-state index is 12.4. The van der Waals surface area contributed by atoms with E-state index in [0.29, 0.717) is 197 Å². The van der Waals surface area contributed by atoms with Crippen molar-refractivity contribution in [2.45, 2.75) is 154 Å². The molecular formula is C56H106N4O20. The average Bonchev–Trinajstić information content (AvgIpc) is 3.43. The molecule has 24 nitrogen and oxygen atoms in total. The summed E-state index contributed by atoms with van der Waals surface area (Å²) >= 11 is 0. The molecule has 80 heavy (non-hydrogen) atoms. The van der Waals surface area contributed by atoms with Gasteiger partial charge in [0, 0.05) is 45.2 Å². The van der Waals surface area contributed by atoms with Gasteiger partial charge in [0.05, 0.1) is 159 Å². The van der Waals surface area contributed by atoms with Crippen LogP contribution in [-0.4, -0.2) is 223 Å². The van der Waals surface area contributed by atoms with Gasteiger partial charge in [-0.2, -0.15) is 0 Å². The molecule has 0 fully saturated rings. The van der Waals surface area contributed by atoms with E-state index in [-0.39, 0.29) is 55.7 Å². The SMILES string of the molecule is NC(=O)CCOCCOCCOCCOCCOCCOCCOCCOCCOCCOCCOCCOCCNC(=O)CCCCCNC(=O)CC[C@H](NC(=O)CCCCCCCCCCCCCCCCC(=O)O)C(=O)O. The number of hydrogen-bond donors (Lipinski definition) is 6. The quantitative estimate of drug-likeness (QED) is 0.0456. The topological polar surface area (TPSA) is 316 Å². The Hall–Kier alpha value is -3.66. The van der Waals surface area contributed by atoms with Crippen LogP contribution in [0.4, 0.5) is 0 Å². The lowest BCUT2D eigenvalue weighted by atomic mass is 10.0. The van der Waals surface area contributed by atoms with Gasteiger partial charge in [-0.05, 0) is 32.1 Å². The first kappa shape index (κ1) is 76.3. The molecule has 0 bridgehead atoms. The molecule has 0 aromatic carbocycles. The first-order valence-electron chi connectivity index (χ1n) is 29.6. The second kappa shape index (κ2) is 62.9. The molecule has 0 saturated carbocycles. The number of carboxylic acids is 2. The highest BCUT2D eigenvalue weighted by Gasteiger charge is 2.21. The van der Waals surface area contributed by atoms with Crippen LogP contribution in [0.5, 0.6) is 0 Å². The minimum Gasteiger partial charge on any atom is -0.481 e. The highest BCUT2D eigenvalue weighted by molar-refractivity contribution is 5.84. The highest BCUT2D eigenvalue weighted by Crippen LogP contribution is 2.14. The van der Waals surface area contributed by atoms with Crippen LogP contribution in [0, 0.1) is 0 Å². The minimum absolute atomic E-state index is 0.0109. The predicted molar refractivity (Wildman–Crippen MR) is 298 cm³/mol. The molecule has 0 aliphatic rings. The number of ether oxygens (including phenoxy) is 12. The van der Waals surface area contributed by atoms with E-state index in [1.54, 1.807) is 0 Å². The Morgan fingerprint density at radius 1 is 0.300 bits per heavy atom. The van der Waals surface area contributed by atoms with Gasteiger partial charge in [-0.3, -0.25) is 24.0 Å². The smallest absolute Gasteiger partial charge is 0.326 e. The molecule has 0 radical (unpaired) electrons. The van der Waals surface area contributed by atoms with Crippen molar-refractivity contribution in [3.63, 3.8) is 0 Å². The first-order chi connectivity index (χ1) is 39.1. The molecule has 24 heteroatoms. The van der Waals surface area contributed by atoms with Crippen molar-refractivity contribution in [2.24, 2.45) is 5.73 Å². The van der Waals surface area contributed by atoms with Crippen molar-refractivity contribution >= 4 is 35.6 Å². The van der Waals surface area contributed by atoms with E-state index in [0.717, 1.165) is 44.9 Å². The zero-order chi connectivity index (χ0) is 58.3. The summed E-state index contributed by atoms with van der Waals surface area (Å²) in [4.78, 5) is 69.7. The van der Waals surface area contributed by atoms with Crippen LogP contribution in [-0.2, 0) is 85.6 Å². The number of aliphatic carboxylic acids is 2. The molecule has 7 N–H and O–H groups in total. The number of nitrogens with one attached hydrogen (secondary N) is 3. The fraction of sp³-hybridized carbons (Fsp3) is 0.893. The Morgan fingerprint density at radius 3 is 0.912 bits per heavy atom. The third-order valence-corrected chi connectivity index (χ3v) is 11.9. The van der Waals surface area contributed by atoms with Crippen LogP contribution < -0.4 is 21.7 Å². The zero-order valence-electron chi connectivity index (χ0n) is 48.5. The molecule has 0 spiro atoms. The Balaban J connectivity index is 3.41. The zero-order valence-corrected chi connectivity index (χ0v) is 48.5. The molecular weight excluding hydrogens is 1050 g/mol. The van der Waals surface area contributed by atoms with E-state index in [1.165, 1.54) is 44.9 Å². The van der Waals surface area contributed by atoms with Crippen molar-refractivity contribution in [3.05, 3.63) is 0 Å². The summed E-state index contributed by atoms with van der Waals surface area (Å²) in [7, 11) is 0. The van der Waals surface area contributed by atoms with E-state index < -0.39 is 18.0 Å². The Morgan fingerprint density at radius 2 is 0.575 bits per heavy atom. The molecule has 0 aliphatic heterocycles. The number of hydrogen-bond acceptors (Lipinski definition) is 18. The standard InChI is InChI=1S/C56H106N4O20/c57-51(61)23-26-69-28-30-71-32-34-73-36-38-75-40-42-77-44-46-79-48-49-80-47-45-78-43-41-76-39-37-74-35-33-72-31-29-70-27-25-59-52(62)18-15-13-17-24-58-53(63)22-21-50(56(67)68)60-54(64)19-14-11-9-7-5-3-1-2-4-6-8-10-12-16-20-55(65)66/h50H,1-49H2,(H2,57,61)(H,58,63)(H,59,62)(H,60,64)(H,65,66)(H,67,68)/t50-/m0/s1. The first-order valence-corrected chi connectivity index (χ1v) is 29.6. The second-order valence-electron chi connectivity index (χ2n) is 18.9. The third kappa shape index (κ3) is 63.5. The Labute approximate surface area is 477 Å². The van der Waals surface area contributed by atoms with Crippen LogP contribution >= 0.6 is 0 Å². The molecule has 0 rings (SSSR count). The summed E-state index contributed by atoms with van der Waals surface area (Å²) < 4.78 is 65.4. The van der Waals surface area contributed by atoms with Crippen LogP contribution in [0.25, 0.3) is 0 Å². The summed E-state index contributed by atoms with van der Waals surface area (Å²) in [5.74, 6) is -2.91. The lowest BCUT2D eigenvalue weighted by Crippen LogP contribution is -2.41. The van der Waals surface area contributed by atoms with E-state index >= 15 is 0 Å². The van der Waals surface area contributed by atoms with Crippen molar-refractivity contribution in [1.29, 1.82) is 0 Å². The van der Waals surface area contributed by atoms with E-state index in [2.05, 4.69) is 16.0 Å². The molecule has 1 atom stereocenters. The minimum atomic E-state index is -1.16. The fourth-order valence-electron chi connectivity index (χ4n) is 7.43. The number of carbonyl (C=O) groups is 6. The van der Waals surface area contributed by atoms with Gasteiger partial charge in [-0.15, -0.1) is 0 Å². The van der Waals surface area contributed by atoms with Crippen molar-refractivity contribution in [2.75, 3.05) is 172 Å². The summed E-state index contributed by atoms with van der Waals surface area (Å²) in [6.07, 6.45) is 18.3. The average molecular weight is 1160 g/mol. The molecule has 0 aromatic rings. The van der Waals surface area contributed by atoms with Gasteiger partial charge in [0.2, 0.25) is 23.6 Å². The van der Waals surface area contributed by atoms with Gasteiger partial charge < -0.3 is 88.7 Å². The largest absolute Gasteiger partial charge is 0.481 e. The molecule has 4 amide bonds. The van der Waals surface area contributed by atoms with Crippen LogP contribution in [0.3, 0.4) is 0 Å². The molecule has 0 aromatic heterocycles. The molecule has 0 heterocycles. The van der Waals surface area contributed by atoms with Gasteiger partial charge in [0.15, 0.2) is 0 Å². The fourth-order valence-corrected chi connectivity index (χ4v) is 7.43. The number of nitrogens with two attached hydrogens (primary N) is 1. The maximum atomic E-state index is 12.4. The van der Waals surface area contributed by atoms with Gasteiger partial charge in [-0.1, -0.05) is 83.5 Å². The number of amides is 4. The number of unbranched alkanes of at least 4 members (excludes halogenated alkanes) is 15. The summed E-state index contributed by atoms with van der Waals surface area (Å²) in [5, 5.41) is 26.4. The normalized spacial score (nSPS) is 11.7. The van der Waals surface area contributed by atoms with Gasteiger partial charge in [0.1, 0.15) is 6.04 Å². The number of carboxylic acid groups (broad SMARTS) is 2. The summed E-state index contributed by atoms with van der Waals surface area (Å²) in [6, 6.07) is -1.11. The molecule has 0 aliphatic carbocycles. The Kier molecular flexibility index (Phi) is 60.1. The summed E-state index contributed by atoms with van der Waals surface area (Å²) in [6.45, 7) is 11.4. The number of rotatable bonds is 67. The highest BCUT2D eigenvalue weighted by atomic mass is 16.6. The van der Waals surface area contributed by atoms with Crippen LogP contribution in [0.1, 0.15) is 148 Å². The number of primary amides is 1. The van der Waals surface area contributed by atoms with Gasteiger partial charge >= 0.3 is 11.9 Å². The second-order valence-corrected chi connectivity index (χ2v) is 18.9. The van der Waals surface area contributed by atoms with E-state index in [4.69, 9.17) is 67.7 Å². The van der Waals surface area contributed by atoms with Gasteiger partial charge in [-0.25, -0.2) is 4.79 Å². The van der Waals surface area contributed by atoms with Crippen molar-refractivity contribution in [3.8, 4) is 0 Å². The molecule has 0 saturated heterocycles. The lowest BCUT2D eigenvalue weighted by Gasteiger charge is -2.14. The van der Waals surface area contributed by atoms with E-state index in [1.807, 2.05) is 0 Å². The molecule has 0 unspecified atom stereocenters. The lowest BCUT2D eigenvalue weighted by molar-refractivity contribution is -0.142. The maximum Gasteiger partial charge on any atom is 0.326 e. The summed E-state index contributed by atoms with van der Waals surface area (Å²) in [5.41, 5.74) is 5.03.